The fourth-order valence-corrected chi connectivity index (χ4v) is 5.11. The number of fused-ring (bicyclic) bond motifs is 1. The zero-order chi connectivity index (χ0) is 29.0. The lowest BCUT2D eigenvalue weighted by Gasteiger charge is -2.35. The molecule has 208 valence electrons. The number of hydrogen-bond donors (Lipinski definition) is 0. The van der Waals surface area contributed by atoms with Crippen molar-refractivity contribution in [1.29, 1.82) is 5.26 Å². The molecule has 0 spiro atoms. The van der Waals surface area contributed by atoms with E-state index in [0.29, 0.717) is 47.7 Å². The number of likely N-dealkylation sites (N-methyl/N-ethyl adjacent to an activating group) is 1. The molecule has 0 aliphatic carbocycles. The van der Waals surface area contributed by atoms with Gasteiger partial charge in [0.1, 0.15) is 17.4 Å². The second-order valence-electron chi connectivity index (χ2n) is 10.3. The van der Waals surface area contributed by atoms with Crippen LogP contribution in [0.3, 0.4) is 0 Å². The van der Waals surface area contributed by atoms with E-state index in [9.17, 15) is 14.9 Å². The van der Waals surface area contributed by atoms with Crippen LogP contribution >= 0.6 is 0 Å². The fraction of sp³-hybridized carbons (Fsp3) is 0.406. The van der Waals surface area contributed by atoms with Gasteiger partial charge in [-0.15, -0.1) is 0 Å². The van der Waals surface area contributed by atoms with Gasteiger partial charge in [0.25, 0.3) is 5.91 Å². The highest BCUT2D eigenvalue weighted by molar-refractivity contribution is 6.00. The largest absolute Gasteiger partial charge is 0.492 e. The van der Waals surface area contributed by atoms with E-state index in [-0.39, 0.29) is 17.7 Å². The third kappa shape index (κ3) is 5.90. The quantitative estimate of drug-likeness (QED) is 0.327. The van der Waals surface area contributed by atoms with Crippen LogP contribution in [0.2, 0.25) is 0 Å². The zero-order valence-corrected chi connectivity index (χ0v) is 24.2. The summed E-state index contributed by atoms with van der Waals surface area (Å²) in [6.07, 6.45) is 4.58. The Morgan fingerprint density at radius 2 is 1.90 bits per heavy atom. The van der Waals surface area contributed by atoms with Crippen molar-refractivity contribution >= 4 is 11.7 Å². The number of hydrogen-bond acceptors (Lipinski definition) is 7. The molecular weight excluding hydrogens is 502 g/mol. The Bertz CT molecular complexity index is 1480. The third-order valence-electron chi connectivity index (χ3n) is 7.71. The minimum Gasteiger partial charge on any atom is -0.492 e. The molecule has 0 bridgehead atoms. The van der Waals surface area contributed by atoms with Gasteiger partial charge in [-0.05, 0) is 83.0 Å². The first-order chi connectivity index (χ1) is 19.2. The number of nitrogens with zero attached hydrogens (tertiary/aromatic N) is 5. The van der Waals surface area contributed by atoms with Gasteiger partial charge in [-0.1, -0.05) is 13.0 Å². The summed E-state index contributed by atoms with van der Waals surface area (Å²) in [7, 11) is 2.08. The minimum absolute atomic E-state index is 0.0410. The van der Waals surface area contributed by atoms with E-state index in [1.165, 1.54) is 6.20 Å². The first-order valence-electron chi connectivity index (χ1n) is 13.8. The summed E-state index contributed by atoms with van der Waals surface area (Å²) in [6, 6.07) is 9.66. The number of rotatable bonds is 10. The van der Waals surface area contributed by atoms with Crippen molar-refractivity contribution in [3.05, 3.63) is 75.9 Å². The van der Waals surface area contributed by atoms with Crippen molar-refractivity contribution in [2.45, 2.75) is 53.5 Å². The van der Waals surface area contributed by atoms with Gasteiger partial charge >= 0.3 is 0 Å². The normalized spacial score (nSPS) is 13.7. The van der Waals surface area contributed by atoms with Crippen LogP contribution in [0.15, 0.2) is 36.7 Å². The lowest BCUT2D eigenvalue weighted by atomic mass is 9.86. The van der Waals surface area contributed by atoms with Crippen molar-refractivity contribution in [1.82, 2.24) is 19.8 Å². The van der Waals surface area contributed by atoms with Crippen molar-refractivity contribution < 1.29 is 14.3 Å². The maximum Gasteiger partial charge on any atom is 0.254 e. The maximum atomic E-state index is 14.1. The van der Waals surface area contributed by atoms with Crippen molar-refractivity contribution in [2.24, 2.45) is 0 Å². The highest BCUT2D eigenvalue weighted by Gasteiger charge is 2.32. The number of nitriles is 1. The van der Waals surface area contributed by atoms with Crippen molar-refractivity contribution in [2.75, 3.05) is 33.3 Å². The van der Waals surface area contributed by atoms with Gasteiger partial charge in [0.2, 0.25) is 0 Å². The monoisotopic (exact) mass is 539 g/mol. The second kappa shape index (κ2) is 12.4. The predicted octanol–water partition coefficient (Wildman–Crippen LogP) is 5.18. The molecule has 1 aromatic carbocycles. The maximum absolute atomic E-state index is 14.1. The Morgan fingerprint density at radius 3 is 2.58 bits per heavy atom. The SMILES string of the molecule is CCOc1cc(C(C)N2CCc3c(cc(CCN(C)CC)cc3-c3cc(C(C)=O)cnc3C)C2=O)ncc1C#N. The van der Waals surface area contributed by atoms with Gasteiger partial charge in [-0.3, -0.25) is 19.6 Å². The first-order valence-corrected chi connectivity index (χ1v) is 13.8. The molecule has 3 heterocycles. The van der Waals surface area contributed by atoms with Gasteiger partial charge < -0.3 is 14.5 Å². The number of pyridine rings is 2. The first kappa shape index (κ1) is 28.9. The molecule has 8 heteroatoms. The summed E-state index contributed by atoms with van der Waals surface area (Å²) in [5.41, 5.74) is 7.01. The van der Waals surface area contributed by atoms with Crippen LogP contribution in [0.1, 0.15) is 82.5 Å². The van der Waals surface area contributed by atoms with Crippen LogP contribution in [-0.2, 0) is 12.8 Å². The van der Waals surface area contributed by atoms with Crippen LogP contribution in [0, 0.1) is 18.3 Å². The van der Waals surface area contributed by atoms with Crippen LogP contribution < -0.4 is 4.74 Å². The Balaban J connectivity index is 1.78. The highest BCUT2D eigenvalue weighted by atomic mass is 16.5. The summed E-state index contributed by atoms with van der Waals surface area (Å²) >= 11 is 0. The standard InChI is InChI=1S/C32H37N5O3/c1-7-36(6)11-9-23-13-28(27-15-24(22(5)38)18-34-20(27)3)26-10-12-37(32(39)29(26)14-23)21(4)30-16-31(40-8-2)25(17-33)19-35-30/h13-16,18-19,21H,7-12H2,1-6H3. The molecule has 1 aliphatic rings. The molecule has 0 saturated carbocycles. The van der Waals surface area contributed by atoms with E-state index < -0.39 is 0 Å². The van der Waals surface area contributed by atoms with Crippen LogP contribution in [0.4, 0.5) is 0 Å². The third-order valence-corrected chi connectivity index (χ3v) is 7.71. The minimum atomic E-state index is -0.310. The van der Waals surface area contributed by atoms with Crippen LogP contribution in [0.5, 0.6) is 5.75 Å². The lowest BCUT2D eigenvalue weighted by Crippen LogP contribution is -2.40. The molecule has 0 fully saturated rings. The van der Waals surface area contributed by atoms with E-state index in [0.717, 1.165) is 47.5 Å². The summed E-state index contributed by atoms with van der Waals surface area (Å²) in [6.45, 7) is 12.2. The number of carbonyl (C=O) groups excluding carboxylic acids is 2. The Kier molecular flexibility index (Phi) is 8.96. The Morgan fingerprint density at radius 1 is 1.15 bits per heavy atom. The molecule has 1 unspecified atom stereocenters. The second-order valence-corrected chi connectivity index (χ2v) is 10.3. The molecule has 1 atom stereocenters. The Labute approximate surface area is 236 Å². The molecule has 0 radical (unpaired) electrons. The molecule has 2 aromatic heterocycles. The number of carbonyl (C=O) groups is 2. The summed E-state index contributed by atoms with van der Waals surface area (Å²) < 4.78 is 5.66. The molecule has 1 amide bonds. The van der Waals surface area contributed by atoms with Gasteiger partial charge in [-0.2, -0.15) is 5.26 Å². The molecule has 40 heavy (non-hydrogen) atoms. The van der Waals surface area contributed by atoms with Gasteiger partial charge in [-0.25, -0.2) is 0 Å². The van der Waals surface area contributed by atoms with E-state index in [1.54, 1.807) is 19.2 Å². The number of benzene rings is 1. The fourth-order valence-electron chi connectivity index (χ4n) is 5.11. The molecule has 0 N–H and O–H groups in total. The lowest BCUT2D eigenvalue weighted by molar-refractivity contribution is 0.0668. The summed E-state index contributed by atoms with van der Waals surface area (Å²) in [5.74, 6) is 0.378. The highest BCUT2D eigenvalue weighted by Crippen LogP contribution is 2.36. The Hall–Kier alpha value is -4.09. The molecule has 0 saturated heterocycles. The van der Waals surface area contributed by atoms with Crippen molar-refractivity contribution in [3.8, 4) is 22.9 Å². The average Bonchev–Trinajstić information content (AvgIpc) is 2.95. The number of Topliss-reactive ketones (excluding diaryl/α,β-unsaturated/α-hetero) is 1. The number of ether oxygens (including phenoxy) is 1. The van der Waals surface area contributed by atoms with E-state index in [2.05, 4.69) is 41.0 Å². The number of aromatic nitrogens is 2. The topological polar surface area (TPSA) is 99.4 Å². The average molecular weight is 540 g/mol. The predicted molar refractivity (Wildman–Crippen MR) is 155 cm³/mol. The number of ketones is 1. The van der Waals surface area contributed by atoms with E-state index in [4.69, 9.17) is 4.74 Å². The van der Waals surface area contributed by atoms with Gasteiger partial charge in [0.05, 0.1) is 18.3 Å². The van der Waals surface area contributed by atoms with Gasteiger partial charge in [0, 0.05) is 53.9 Å². The number of aryl methyl sites for hydroxylation is 1. The molecular formula is C32H37N5O3. The molecule has 4 rings (SSSR count). The molecule has 1 aliphatic heterocycles. The smallest absolute Gasteiger partial charge is 0.254 e. The molecule has 8 nitrogen and oxygen atoms in total. The van der Waals surface area contributed by atoms with Crippen molar-refractivity contribution in [3.63, 3.8) is 0 Å². The van der Waals surface area contributed by atoms with E-state index >= 15 is 0 Å². The van der Waals surface area contributed by atoms with E-state index in [1.807, 2.05) is 37.8 Å². The number of amides is 1. The summed E-state index contributed by atoms with van der Waals surface area (Å²) in [5, 5.41) is 9.42. The molecule has 3 aromatic rings. The summed E-state index contributed by atoms with van der Waals surface area (Å²) in [4.78, 5) is 39.4. The van der Waals surface area contributed by atoms with Crippen LogP contribution in [0.25, 0.3) is 11.1 Å². The van der Waals surface area contributed by atoms with Crippen LogP contribution in [-0.4, -0.2) is 64.7 Å². The zero-order valence-electron chi connectivity index (χ0n) is 24.2. The van der Waals surface area contributed by atoms with Gasteiger partial charge in [0.15, 0.2) is 5.78 Å².